The maximum atomic E-state index is 6.06. The minimum atomic E-state index is 0.582. The summed E-state index contributed by atoms with van der Waals surface area (Å²) in [4.78, 5) is 4.22. The number of hydrogen-bond acceptors (Lipinski definition) is 7. The second-order valence-electron chi connectivity index (χ2n) is 4.77. The van der Waals surface area contributed by atoms with E-state index in [1.54, 1.807) is 18.0 Å². The number of aromatic nitrogens is 4. The molecule has 0 bridgehead atoms. The number of nitrogens with zero attached hydrogens (tertiary/aromatic N) is 4. The van der Waals surface area contributed by atoms with Crippen LogP contribution in [0.25, 0.3) is 0 Å². The van der Waals surface area contributed by atoms with Gasteiger partial charge < -0.3 is 10.3 Å². The van der Waals surface area contributed by atoms with E-state index < -0.39 is 0 Å². The Morgan fingerprint density at radius 3 is 2.43 bits per heavy atom. The Labute approximate surface area is 142 Å². The van der Waals surface area contributed by atoms with E-state index in [-0.39, 0.29) is 0 Å². The number of rotatable bonds is 7. The molecule has 120 valence electrons. The molecule has 0 aliphatic rings. The number of nitrogens with two attached hydrogens (primary N) is 1. The van der Waals surface area contributed by atoms with E-state index in [2.05, 4.69) is 27.3 Å². The predicted molar refractivity (Wildman–Crippen MR) is 91.6 cm³/mol. The van der Waals surface area contributed by atoms with Crippen molar-refractivity contribution in [3.05, 3.63) is 53.7 Å². The second-order valence-corrected chi connectivity index (χ2v) is 6.66. The summed E-state index contributed by atoms with van der Waals surface area (Å²) in [5.74, 6) is 9.01. The van der Waals surface area contributed by atoms with Crippen LogP contribution in [-0.2, 0) is 17.9 Å². The summed E-state index contributed by atoms with van der Waals surface area (Å²) in [5.41, 5.74) is 1.22. The largest absolute Gasteiger partial charge is 0.445 e. The molecule has 3 aromatic rings. The summed E-state index contributed by atoms with van der Waals surface area (Å²) in [7, 11) is 0. The van der Waals surface area contributed by atoms with Gasteiger partial charge >= 0.3 is 0 Å². The fourth-order valence-corrected chi connectivity index (χ4v) is 3.47. The highest BCUT2D eigenvalue weighted by Crippen LogP contribution is 2.25. The molecule has 2 heterocycles. The van der Waals surface area contributed by atoms with Crippen LogP contribution in [0.15, 0.2) is 51.3 Å². The molecular formula is C15H17N5OS2. The molecule has 0 unspecified atom stereocenters. The highest BCUT2D eigenvalue weighted by atomic mass is 32.2. The maximum Gasteiger partial charge on any atom is 0.210 e. The van der Waals surface area contributed by atoms with Crippen molar-refractivity contribution in [1.82, 2.24) is 19.9 Å². The second kappa shape index (κ2) is 7.56. The van der Waals surface area contributed by atoms with E-state index in [0.717, 1.165) is 17.9 Å². The molecule has 0 aliphatic heterocycles. The Kier molecular flexibility index (Phi) is 5.24. The Hall–Kier alpha value is -1.93. The Morgan fingerprint density at radius 2 is 1.78 bits per heavy atom. The number of nitrogen functional groups attached to an aromatic ring is 1. The fourth-order valence-electron chi connectivity index (χ4n) is 1.89. The van der Waals surface area contributed by atoms with Gasteiger partial charge in [-0.25, -0.2) is 9.66 Å². The third-order valence-electron chi connectivity index (χ3n) is 3.12. The number of hydrogen-bond donors (Lipinski definition) is 1. The van der Waals surface area contributed by atoms with Gasteiger partial charge in [-0.1, -0.05) is 60.8 Å². The van der Waals surface area contributed by atoms with Crippen LogP contribution in [-0.4, -0.2) is 19.9 Å². The van der Waals surface area contributed by atoms with Crippen molar-refractivity contribution in [2.24, 2.45) is 0 Å². The number of benzene rings is 1. The van der Waals surface area contributed by atoms with E-state index in [9.17, 15) is 0 Å². The fraction of sp³-hybridized carbons (Fsp3) is 0.267. The Morgan fingerprint density at radius 1 is 1.09 bits per heavy atom. The predicted octanol–water partition coefficient (Wildman–Crippen LogP) is 3.13. The summed E-state index contributed by atoms with van der Waals surface area (Å²) in [5, 5.41) is 9.62. The Balaban J connectivity index is 1.58. The first-order valence-electron chi connectivity index (χ1n) is 7.20. The topological polar surface area (TPSA) is 82.8 Å². The molecule has 0 radical (unpaired) electrons. The van der Waals surface area contributed by atoms with E-state index in [0.29, 0.717) is 22.0 Å². The van der Waals surface area contributed by atoms with Gasteiger partial charge in [0.2, 0.25) is 16.2 Å². The molecule has 0 saturated carbocycles. The third-order valence-corrected chi connectivity index (χ3v) is 5.06. The normalized spacial score (nSPS) is 11.0. The lowest BCUT2D eigenvalue weighted by atomic mass is 10.2. The van der Waals surface area contributed by atoms with Crippen LogP contribution in [0.4, 0.5) is 0 Å². The van der Waals surface area contributed by atoms with Gasteiger partial charge in [-0.3, -0.25) is 0 Å². The SMILES string of the molecule is CCc1cnc(CSc2nnc(SCc3ccccc3)n2N)o1. The highest BCUT2D eigenvalue weighted by molar-refractivity contribution is 7.99. The van der Waals surface area contributed by atoms with Gasteiger partial charge in [0, 0.05) is 12.2 Å². The van der Waals surface area contributed by atoms with Crippen LogP contribution in [0.5, 0.6) is 0 Å². The quantitative estimate of drug-likeness (QED) is 0.519. The molecule has 8 heteroatoms. The molecular weight excluding hydrogens is 330 g/mol. The lowest BCUT2D eigenvalue weighted by Crippen LogP contribution is -2.11. The summed E-state index contributed by atoms with van der Waals surface area (Å²) in [6.45, 7) is 2.03. The van der Waals surface area contributed by atoms with Crippen molar-refractivity contribution < 1.29 is 4.42 Å². The molecule has 6 nitrogen and oxygen atoms in total. The van der Waals surface area contributed by atoms with Gasteiger partial charge in [0.25, 0.3) is 0 Å². The summed E-state index contributed by atoms with van der Waals surface area (Å²) >= 11 is 3.02. The highest BCUT2D eigenvalue weighted by Gasteiger charge is 2.12. The van der Waals surface area contributed by atoms with E-state index >= 15 is 0 Å². The van der Waals surface area contributed by atoms with Gasteiger partial charge in [0.15, 0.2) is 0 Å². The first-order valence-corrected chi connectivity index (χ1v) is 9.17. The van der Waals surface area contributed by atoms with Gasteiger partial charge in [0.05, 0.1) is 11.9 Å². The minimum Gasteiger partial charge on any atom is -0.445 e. The molecule has 1 aromatic carbocycles. The standard InChI is InChI=1S/C15H17N5OS2/c1-2-12-8-17-13(21-12)10-23-15-19-18-14(20(15)16)22-9-11-6-4-3-5-7-11/h3-8H,2,9-10,16H2,1H3. The average Bonchev–Trinajstić information content (AvgIpc) is 3.19. The van der Waals surface area contributed by atoms with Gasteiger partial charge in [-0.2, -0.15) is 0 Å². The molecule has 2 aromatic heterocycles. The van der Waals surface area contributed by atoms with Crippen LogP contribution in [0.1, 0.15) is 24.1 Å². The van der Waals surface area contributed by atoms with Crippen LogP contribution >= 0.6 is 23.5 Å². The monoisotopic (exact) mass is 347 g/mol. The molecule has 0 aliphatic carbocycles. The lowest BCUT2D eigenvalue weighted by molar-refractivity contribution is 0.476. The van der Waals surface area contributed by atoms with Crippen molar-refractivity contribution >= 4 is 23.5 Å². The summed E-state index contributed by atoms with van der Waals surface area (Å²) in [6, 6.07) is 10.2. The van der Waals surface area contributed by atoms with Gasteiger partial charge in [0.1, 0.15) is 5.76 Å². The zero-order chi connectivity index (χ0) is 16.1. The summed E-state index contributed by atoms with van der Waals surface area (Å²) in [6.07, 6.45) is 2.59. The molecule has 2 N–H and O–H groups in total. The zero-order valence-corrected chi connectivity index (χ0v) is 14.3. The van der Waals surface area contributed by atoms with Crippen LogP contribution < -0.4 is 5.84 Å². The smallest absolute Gasteiger partial charge is 0.210 e. The lowest BCUT2D eigenvalue weighted by Gasteiger charge is -2.02. The average molecular weight is 347 g/mol. The summed E-state index contributed by atoms with van der Waals surface area (Å²) < 4.78 is 7.09. The van der Waals surface area contributed by atoms with Crippen molar-refractivity contribution in [3.8, 4) is 0 Å². The molecule has 0 amide bonds. The van der Waals surface area contributed by atoms with Gasteiger partial charge in [-0.05, 0) is 5.56 Å². The van der Waals surface area contributed by atoms with Crippen LogP contribution in [0, 0.1) is 0 Å². The molecule has 0 saturated heterocycles. The number of aryl methyl sites for hydroxylation is 1. The molecule has 0 spiro atoms. The zero-order valence-electron chi connectivity index (χ0n) is 12.7. The van der Waals surface area contributed by atoms with Crippen molar-refractivity contribution in [2.75, 3.05) is 5.84 Å². The molecule has 0 fully saturated rings. The van der Waals surface area contributed by atoms with E-state index in [4.69, 9.17) is 10.3 Å². The minimum absolute atomic E-state index is 0.582. The van der Waals surface area contributed by atoms with Crippen molar-refractivity contribution in [1.29, 1.82) is 0 Å². The molecule has 0 atom stereocenters. The van der Waals surface area contributed by atoms with Gasteiger partial charge in [-0.15, -0.1) is 10.2 Å². The molecule has 3 rings (SSSR count). The molecule has 23 heavy (non-hydrogen) atoms. The maximum absolute atomic E-state index is 6.06. The first-order chi connectivity index (χ1) is 11.3. The van der Waals surface area contributed by atoms with Crippen molar-refractivity contribution in [3.63, 3.8) is 0 Å². The number of oxazole rings is 1. The van der Waals surface area contributed by atoms with E-state index in [1.807, 2.05) is 25.1 Å². The van der Waals surface area contributed by atoms with Crippen molar-refractivity contribution in [2.45, 2.75) is 35.2 Å². The van der Waals surface area contributed by atoms with E-state index in [1.165, 1.54) is 22.0 Å². The number of thioether (sulfide) groups is 2. The Bertz CT molecular complexity index is 756. The first kappa shape index (κ1) is 15.9. The van der Waals surface area contributed by atoms with Crippen LogP contribution in [0.2, 0.25) is 0 Å². The van der Waals surface area contributed by atoms with Crippen LogP contribution in [0.3, 0.4) is 0 Å². The third kappa shape index (κ3) is 4.08.